The predicted octanol–water partition coefficient (Wildman–Crippen LogP) is 4.54. The second-order valence-corrected chi connectivity index (χ2v) is 7.60. The maximum absolute atomic E-state index is 12.6. The third-order valence-electron chi connectivity index (χ3n) is 5.32. The lowest BCUT2D eigenvalue weighted by atomic mass is 10.1. The van der Waals surface area contributed by atoms with Gasteiger partial charge in [-0.2, -0.15) is 0 Å². The van der Waals surface area contributed by atoms with Crippen molar-refractivity contribution in [2.24, 2.45) is 0 Å². The molecule has 0 atom stereocenters. The van der Waals surface area contributed by atoms with Gasteiger partial charge in [-0.25, -0.2) is 0 Å². The van der Waals surface area contributed by atoms with Gasteiger partial charge in [-0.15, -0.1) is 0 Å². The van der Waals surface area contributed by atoms with Crippen LogP contribution in [-0.2, 0) is 4.79 Å². The highest BCUT2D eigenvalue weighted by Crippen LogP contribution is 2.29. The number of carbonyl (C=O) groups excluding carboxylic acids is 1. The van der Waals surface area contributed by atoms with E-state index in [2.05, 4.69) is 43.0 Å². The summed E-state index contributed by atoms with van der Waals surface area (Å²) in [6, 6.07) is 14.3. The van der Waals surface area contributed by atoms with Crippen molar-refractivity contribution < 1.29 is 14.3 Å². The highest BCUT2D eigenvalue weighted by molar-refractivity contribution is 5.92. The minimum atomic E-state index is 0.0427. The van der Waals surface area contributed by atoms with Crippen molar-refractivity contribution in [1.82, 2.24) is 4.90 Å². The molecule has 160 valence electrons. The van der Waals surface area contributed by atoms with E-state index >= 15 is 0 Å². The molecule has 1 fully saturated rings. The van der Waals surface area contributed by atoms with Gasteiger partial charge in [-0.1, -0.05) is 31.5 Å². The molecule has 0 N–H and O–H groups in total. The molecule has 0 aliphatic carbocycles. The third kappa shape index (κ3) is 5.78. The standard InChI is InChI=1S/C25H32N2O3/c1-4-5-17-30-23-11-9-21(19-24(23)29-3)10-12-25(28)27-15-13-26(14-16-27)22-8-6-7-20(2)18-22/h6-12,18-19H,4-5,13-17H2,1-3H3/b12-10+. The molecule has 0 radical (unpaired) electrons. The molecule has 3 rings (SSSR count). The number of unbranched alkanes of at least 4 members (excludes halogenated alkanes) is 1. The predicted molar refractivity (Wildman–Crippen MR) is 122 cm³/mol. The molecule has 0 saturated carbocycles. The van der Waals surface area contributed by atoms with E-state index in [-0.39, 0.29) is 5.91 Å². The van der Waals surface area contributed by atoms with Crippen LogP contribution in [0.2, 0.25) is 0 Å². The van der Waals surface area contributed by atoms with Gasteiger partial charge in [0.1, 0.15) is 0 Å². The van der Waals surface area contributed by atoms with Crippen LogP contribution >= 0.6 is 0 Å². The maximum atomic E-state index is 12.6. The van der Waals surface area contributed by atoms with E-state index in [1.54, 1.807) is 13.2 Å². The van der Waals surface area contributed by atoms with E-state index in [1.807, 2.05) is 29.2 Å². The van der Waals surface area contributed by atoms with Crippen LogP contribution in [0, 0.1) is 6.92 Å². The zero-order valence-corrected chi connectivity index (χ0v) is 18.3. The van der Waals surface area contributed by atoms with Crippen molar-refractivity contribution in [2.45, 2.75) is 26.7 Å². The number of rotatable bonds is 8. The molecule has 1 aliphatic heterocycles. The van der Waals surface area contributed by atoms with Crippen LogP contribution in [0.25, 0.3) is 6.08 Å². The summed E-state index contributed by atoms with van der Waals surface area (Å²) in [4.78, 5) is 16.9. The largest absolute Gasteiger partial charge is 0.493 e. The zero-order valence-electron chi connectivity index (χ0n) is 18.3. The molecule has 1 saturated heterocycles. The number of methoxy groups -OCH3 is 1. The summed E-state index contributed by atoms with van der Waals surface area (Å²) < 4.78 is 11.2. The Morgan fingerprint density at radius 1 is 1.07 bits per heavy atom. The number of benzene rings is 2. The molecular weight excluding hydrogens is 376 g/mol. The number of amides is 1. The fourth-order valence-corrected chi connectivity index (χ4v) is 3.52. The molecule has 0 unspecified atom stereocenters. The Hall–Kier alpha value is -2.95. The lowest BCUT2D eigenvalue weighted by Crippen LogP contribution is -2.48. The van der Waals surface area contributed by atoms with E-state index in [0.717, 1.165) is 50.3 Å². The van der Waals surface area contributed by atoms with Crippen LogP contribution < -0.4 is 14.4 Å². The molecule has 30 heavy (non-hydrogen) atoms. The van der Waals surface area contributed by atoms with E-state index in [4.69, 9.17) is 9.47 Å². The van der Waals surface area contributed by atoms with Gasteiger partial charge >= 0.3 is 0 Å². The molecule has 0 bridgehead atoms. The van der Waals surface area contributed by atoms with Crippen molar-refractivity contribution >= 4 is 17.7 Å². The minimum Gasteiger partial charge on any atom is -0.493 e. The van der Waals surface area contributed by atoms with Crippen LogP contribution in [0.1, 0.15) is 30.9 Å². The highest BCUT2D eigenvalue weighted by Gasteiger charge is 2.19. The molecule has 0 aromatic heterocycles. The lowest BCUT2D eigenvalue weighted by molar-refractivity contribution is -0.126. The van der Waals surface area contributed by atoms with Gasteiger partial charge in [-0.3, -0.25) is 4.79 Å². The molecule has 5 heteroatoms. The highest BCUT2D eigenvalue weighted by atomic mass is 16.5. The van der Waals surface area contributed by atoms with Crippen molar-refractivity contribution in [3.8, 4) is 11.5 Å². The van der Waals surface area contributed by atoms with Crippen LogP contribution in [-0.4, -0.2) is 50.7 Å². The number of ether oxygens (including phenoxy) is 2. The maximum Gasteiger partial charge on any atom is 0.246 e. The normalized spacial score (nSPS) is 14.2. The number of carbonyl (C=O) groups is 1. The first-order valence-corrected chi connectivity index (χ1v) is 10.7. The van der Waals surface area contributed by atoms with Gasteiger partial charge in [0.05, 0.1) is 13.7 Å². The average Bonchev–Trinajstić information content (AvgIpc) is 2.78. The van der Waals surface area contributed by atoms with Crippen LogP contribution in [0.4, 0.5) is 5.69 Å². The van der Waals surface area contributed by atoms with Gasteiger partial charge in [0.15, 0.2) is 11.5 Å². The summed E-state index contributed by atoms with van der Waals surface area (Å²) >= 11 is 0. The van der Waals surface area contributed by atoms with Gasteiger partial charge in [-0.05, 0) is 54.8 Å². The van der Waals surface area contributed by atoms with E-state index in [9.17, 15) is 4.79 Å². The van der Waals surface area contributed by atoms with Crippen molar-refractivity contribution in [3.05, 3.63) is 59.7 Å². The average molecular weight is 409 g/mol. The fourth-order valence-electron chi connectivity index (χ4n) is 3.52. The van der Waals surface area contributed by atoms with Crippen LogP contribution in [0.15, 0.2) is 48.5 Å². The van der Waals surface area contributed by atoms with Gasteiger partial charge in [0, 0.05) is 37.9 Å². The first kappa shape index (κ1) is 21.8. The summed E-state index contributed by atoms with van der Waals surface area (Å²) in [6.45, 7) is 8.06. The second kappa shape index (κ2) is 10.7. The quantitative estimate of drug-likeness (QED) is 0.475. The lowest BCUT2D eigenvalue weighted by Gasteiger charge is -2.35. The molecule has 1 aliphatic rings. The Kier molecular flexibility index (Phi) is 7.77. The smallest absolute Gasteiger partial charge is 0.246 e. The summed E-state index contributed by atoms with van der Waals surface area (Å²) in [7, 11) is 1.63. The van der Waals surface area contributed by atoms with E-state index < -0.39 is 0 Å². The molecule has 0 spiro atoms. The van der Waals surface area contributed by atoms with Crippen molar-refractivity contribution in [1.29, 1.82) is 0 Å². The monoisotopic (exact) mass is 408 g/mol. The van der Waals surface area contributed by atoms with Gasteiger partial charge in [0.25, 0.3) is 0 Å². The Morgan fingerprint density at radius 2 is 1.87 bits per heavy atom. The van der Waals surface area contributed by atoms with E-state index in [0.29, 0.717) is 12.4 Å². The van der Waals surface area contributed by atoms with Crippen LogP contribution in [0.3, 0.4) is 0 Å². The Balaban J connectivity index is 1.55. The fraction of sp³-hybridized carbons (Fsp3) is 0.400. The SMILES string of the molecule is CCCCOc1ccc(/C=C/C(=O)N2CCN(c3cccc(C)c3)CC2)cc1OC. The first-order chi connectivity index (χ1) is 14.6. The number of aryl methyl sites for hydroxylation is 1. The third-order valence-corrected chi connectivity index (χ3v) is 5.32. The Bertz CT molecular complexity index is 870. The second-order valence-electron chi connectivity index (χ2n) is 7.60. The number of piperazine rings is 1. The molecule has 2 aromatic carbocycles. The van der Waals surface area contributed by atoms with E-state index in [1.165, 1.54) is 11.3 Å². The summed E-state index contributed by atoms with van der Waals surface area (Å²) in [5, 5.41) is 0. The topological polar surface area (TPSA) is 42.0 Å². The summed E-state index contributed by atoms with van der Waals surface area (Å²) in [5.41, 5.74) is 3.40. The van der Waals surface area contributed by atoms with Crippen LogP contribution in [0.5, 0.6) is 11.5 Å². The Labute approximate surface area is 179 Å². The molecule has 1 heterocycles. The van der Waals surface area contributed by atoms with Crippen molar-refractivity contribution in [2.75, 3.05) is 44.8 Å². The molecular formula is C25H32N2O3. The molecule has 1 amide bonds. The first-order valence-electron chi connectivity index (χ1n) is 10.7. The minimum absolute atomic E-state index is 0.0427. The summed E-state index contributed by atoms with van der Waals surface area (Å²) in [5.74, 6) is 1.47. The van der Waals surface area contributed by atoms with Gasteiger partial charge < -0.3 is 19.3 Å². The van der Waals surface area contributed by atoms with Crippen molar-refractivity contribution in [3.63, 3.8) is 0 Å². The summed E-state index contributed by atoms with van der Waals surface area (Å²) in [6.07, 6.45) is 5.59. The Morgan fingerprint density at radius 3 is 2.57 bits per heavy atom. The number of hydrogen-bond acceptors (Lipinski definition) is 4. The van der Waals surface area contributed by atoms with Gasteiger partial charge in [0.2, 0.25) is 5.91 Å². The number of nitrogens with zero attached hydrogens (tertiary/aromatic N) is 2. The number of hydrogen-bond donors (Lipinski definition) is 0. The molecule has 2 aromatic rings. The molecule has 5 nitrogen and oxygen atoms in total. The number of anilines is 1. The zero-order chi connectivity index (χ0) is 21.3.